The summed E-state index contributed by atoms with van der Waals surface area (Å²) in [7, 11) is -0.636. The minimum atomic E-state index is -0.636. The highest BCUT2D eigenvalue weighted by atomic mass is 16.6. The van der Waals surface area contributed by atoms with Gasteiger partial charge in [-0.3, -0.25) is 10.1 Å². The second-order valence-corrected chi connectivity index (χ2v) is 6.56. The average molecular weight is 327 g/mol. The molecule has 6 nitrogen and oxygen atoms in total. The zero-order valence-corrected chi connectivity index (χ0v) is 13.5. The van der Waals surface area contributed by atoms with Gasteiger partial charge in [0.25, 0.3) is 5.69 Å². The van der Waals surface area contributed by atoms with E-state index in [9.17, 15) is 15.2 Å². The molecule has 1 N–H and O–H groups in total. The van der Waals surface area contributed by atoms with E-state index >= 15 is 0 Å². The van der Waals surface area contributed by atoms with E-state index in [1.54, 1.807) is 42.5 Å². The molecule has 0 bridgehead atoms. The van der Waals surface area contributed by atoms with Gasteiger partial charge in [0.15, 0.2) is 0 Å². The second-order valence-electron chi connectivity index (χ2n) is 6.56. The van der Waals surface area contributed by atoms with Crippen LogP contribution in [0.4, 0.5) is 5.69 Å². The summed E-state index contributed by atoms with van der Waals surface area (Å²) < 4.78 is 11.9. The molecular weight excluding hydrogens is 309 g/mol. The quantitative estimate of drug-likeness (QED) is 0.532. The lowest BCUT2D eigenvalue weighted by Gasteiger charge is -2.41. The van der Waals surface area contributed by atoms with Crippen molar-refractivity contribution < 1.29 is 19.3 Å². The number of hydrogen-bond acceptors (Lipinski definition) is 5. The Bertz CT molecular complexity index is 747. The molecule has 0 aliphatic carbocycles. The van der Waals surface area contributed by atoms with Gasteiger partial charge in [-0.2, -0.15) is 0 Å². The SMILES string of the molecule is CC1(C)COB(c2ccc(O)cc2)OC1c1ccccc1[N+](=O)[O-]. The van der Waals surface area contributed by atoms with Crippen LogP contribution in [0.25, 0.3) is 0 Å². The first-order chi connectivity index (χ1) is 11.4. The maximum atomic E-state index is 11.4. The summed E-state index contributed by atoms with van der Waals surface area (Å²) in [6, 6.07) is 13.2. The van der Waals surface area contributed by atoms with Gasteiger partial charge in [-0.25, -0.2) is 0 Å². The van der Waals surface area contributed by atoms with Crippen molar-refractivity contribution in [3.63, 3.8) is 0 Å². The highest BCUT2D eigenvalue weighted by molar-refractivity contribution is 6.61. The fraction of sp³-hybridized carbons (Fsp3) is 0.294. The standard InChI is InChI=1S/C17H18BNO5/c1-17(2)11-23-18(12-7-9-13(20)10-8-12)24-16(17)14-5-3-4-6-15(14)19(21)22/h3-10,16,20H,11H2,1-2H3. The van der Waals surface area contributed by atoms with Crippen LogP contribution >= 0.6 is 0 Å². The zero-order chi connectivity index (χ0) is 17.3. The predicted molar refractivity (Wildman–Crippen MR) is 90.2 cm³/mol. The second kappa shape index (κ2) is 6.26. The van der Waals surface area contributed by atoms with Crippen LogP contribution in [0.2, 0.25) is 0 Å². The average Bonchev–Trinajstić information content (AvgIpc) is 2.55. The molecule has 1 aliphatic heterocycles. The number of phenols is 1. The van der Waals surface area contributed by atoms with Gasteiger partial charge in [0.2, 0.25) is 0 Å². The van der Waals surface area contributed by atoms with Crippen molar-refractivity contribution in [2.24, 2.45) is 5.41 Å². The van der Waals surface area contributed by atoms with Gasteiger partial charge in [0.05, 0.1) is 16.6 Å². The maximum absolute atomic E-state index is 11.4. The molecule has 1 fully saturated rings. The number of nitro benzene ring substituents is 1. The zero-order valence-electron chi connectivity index (χ0n) is 13.5. The molecule has 3 rings (SSSR count). The lowest BCUT2D eigenvalue weighted by atomic mass is 9.72. The molecule has 1 atom stereocenters. The molecule has 1 unspecified atom stereocenters. The van der Waals surface area contributed by atoms with Crippen molar-refractivity contribution in [1.29, 1.82) is 0 Å². The Kier molecular flexibility index (Phi) is 4.30. The van der Waals surface area contributed by atoms with Gasteiger partial charge in [0, 0.05) is 18.1 Å². The fourth-order valence-electron chi connectivity index (χ4n) is 2.89. The highest BCUT2D eigenvalue weighted by Crippen LogP contribution is 2.43. The number of phenolic OH excluding ortho intramolecular Hbond substituents is 1. The molecule has 2 aromatic rings. The van der Waals surface area contributed by atoms with Gasteiger partial charge in [-0.05, 0) is 23.7 Å². The summed E-state index contributed by atoms with van der Waals surface area (Å²) >= 11 is 0. The third-order valence-corrected chi connectivity index (χ3v) is 4.16. The van der Waals surface area contributed by atoms with Gasteiger partial charge in [-0.15, -0.1) is 0 Å². The molecule has 1 saturated heterocycles. The third kappa shape index (κ3) is 3.13. The number of aromatic hydroxyl groups is 1. The Morgan fingerprint density at radius 3 is 2.54 bits per heavy atom. The normalized spacial score (nSPS) is 19.9. The Labute approximate surface area is 140 Å². The van der Waals surface area contributed by atoms with E-state index in [-0.39, 0.29) is 16.4 Å². The Morgan fingerprint density at radius 1 is 1.21 bits per heavy atom. The van der Waals surface area contributed by atoms with Crippen LogP contribution < -0.4 is 5.46 Å². The number of nitrogens with zero attached hydrogens (tertiary/aromatic N) is 1. The first-order valence-corrected chi connectivity index (χ1v) is 7.68. The molecule has 2 aromatic carbocycles. The minimum absolute atomic E-state index is 0.0435. The Balaban J connectivity index is 1.96. The number of benzene rings is 2. The summed E-state index contributed by atoms with van der Waals surface area (Å²) in [5.41, 5.74) is 0.924. The van der Waals surface area contributed by atoms with E-state index in [1.165, 1.54) is 6.07 Å². The van der Waals surface area contributed by atoms with Gasteiger partial charge in [0.1, 0.15) is 5.75 Å². The van der Waals surface area contributed by atoms with Crippen LogP contribution in [-0.4, -0.2) is 23.8 Å². The maximum Gasteiger partial charge on any atom is 0.494 e. The molecule has 1 aliphatic rings. The van der Waals surface area contributed by atoms with Crippen LogP contribution in [-0.2, 0) is 9.31 Å². The molecule has 24 heavy (non-hydrogen) atoms. The van der Waals surface area contributed by atoms with Gasteiger partial charge in [-0.1, -0.05) is 38.1 Å². The molecule has 1 heterocycles. The van der Waals surface area contributed by atoms with Crippen molar-refractivity contribution in [2.45, 2.75) is 20.0 Å². The third-order valence-electron chi connectivity index (χ3n) is 4.16. The van der Waals surface area contributed by atoms with Crippen LogP contribution in [0.15, 0.2) is 48.5 Å². The number of hydrogen-bond donors (Lipinski definition) is 1. The molecular formula is C17H18BNO5. The van der Waals surface area contributed by atoms with E-state index in [2.05, 4.69) is 0 Å². The smallest absolute Gasteiger partial charge is 0.494 e. The van der Waals surface area contributed by atoms with Gasteiger partial charge < -0.3 is 14.4 Å². The van der Waals surface area contributed by atoms with Crippen molar-refractivity contribution in [1.82, 2.24) is 0 Å². The monoisotopic (exact) mass is 327 g/mol. The molecule has 0 aromatic heterocycles. The van der Waals surface area contributed by atoms with Crippen molar-refractivity contribution in [3.05, 3.63) is 64.2 Å². The lowest BCUT2D eigenvalue weighted by molar-refractivity contribution is -0.386. The first-order valence-electron chi connectivity index (χ1n) is 7.68. The van der Waals surface area contributed by atoms with Gasteiger partial charge >= 0.3 is 7.12 Å². The van der Waals surface area contributed by atoms with Crippen molar-refractivity contribution in [3.8, 4) is 5.75 Å². The Hall–Kier alpha value is -2.38. The van der Waals surface area contributed by atoms with Crippen LogP contribution in [0.1, 0.15) is 25.5 Å². The molecule has 0 radical (unpaired) electrons. The summed E-state index contributed by atoms with van der Waals surface area (Å²) in [6.45, 7) is 4.32. The number of rotatable bonds is 3. The first kappa shape index (κ1) is 16.5. The fourth-order valence-corrected chi connectivity index (χ4v) is 2.89. The van der Waals surface area contributed by atoms with E-state index in [0.29, 0.717) is 12.2 Å². The summed E-state index contributed by atoms with van der Waals surface area (Å²) in [4.78, 5) is 11.0. The Morgan fingerprint density at radius 2 is 1.88 bits per heavy atom. The minimum Gasteiger partial charge on any atom is -0.508 e. The van der Waals surface area contributed by atoms with E-state index in [4.69, 9.17) is 9.31 Å². The molecule has 0 amide bonds. The molecule has 0 spiro atoms. The molecule has 124 valence electrons. The predicted octanol–water partition coefficient (Wildman–Crippen LogP) is 2.81. The number of para-hydroxylation sites is 1. The highest BCUT2D eigenvalue weighted by Gasteiger charge is 2.44. The van der Waals surface area contributed by atoms with Crippen molar-refractivity contribution in [2.75, 3.05) is 6.61 Å². The van der Waals surface area contributed by atoms with Crippen molar-refractivity contribution >= 4 is 18.3 Å². The van der Waals surface area contributed by atoms with E-state index in [0.717, 1.165) is 5.46 Å². The largest absolute Gasteiger partial charge is 0.508 e. The summed E-state index contributed by atoms with van der Waals surface area (Å²) in [5, 5.41) is 20.8. The van der Waals surface area contributed by atoms with Crippen LogP contribution in [0, 0.1) is 15.5 Å². The lowest BCUT2D eigenvalue weighted by Crippen LogP contribution is -2.49. The van der Waals surface area contributed by atoms with Crippen LogP contribution in [0.3, 0.4) is 0 Å². The molecule has 7 heteroatoms. The van der Waals surface area contributed by atoms with E-state index in [1.807, 2.05) is 13.8 Å². The van der Waals surface area contributed by atoms with Crippen LogP contribution in [0.5, 0.6) is 5.75 Å². The molecule has 0 saturated carbocycles. The summed E-state index contributed by atoms with van der Waals surface area (Å²) in [6.07, 6.45) is -0.480. The van der Waals surface area contributed by atoms with E-state index < -0.39 is 18.6 Å². The summed E-state index contributed by atoms with van der Waals surface area (Å²) in [5.74, 6) is 0.158. The topological polar surface area (TPSA) is 81.8 Å². The number of nitro groups is 1.